The average Bonchev–Trinajstić information content (AvgIpc) is 2.84. The number of hydrogen-bond acceptors (Lipinski definition) is 2. The van der Waals surface area contributed by atoms with E-state index in [1.807, 2.05) is 18.3 Å². The van der Waals surface area contributed by atoms with E-state index < -0.39 is 0 Å². The third-order valence-electron chi connectivity index (χ3n) is 3.20. The summed E-state index contributed by atoms with van der Waals surface area (Å²) in [5.41, 5.74) is 11.0. The Balaban J connectivity index is 2.10. The highest BCUT2D eigenvalue weighted by atomic mass is 14.8. The van der Waals surface area contributed by atoms with Gasteiger partial charge < -0.3 is 10.7 Å². The zero-order valence-corrected chi connectivity index (χ0v) is 10.3. The molecule has 18 heavy (non-hydrogen) atoms. The van der Waals surface area contributed by atoms with E-state index in [4.69, 9.17) is 5.73 Å². The number of pyridine rings is 1. The second kappa shape index (κ2) is 4.27. The number of aryl methyl sites for hydroxylation is 1. The number of nitrogens with two attached hydrogens (primary N) is 1. The van der Waals surface area contributed by atoms with E-state index in [1.165, 1.54) is 16.5 Å². The molecule has 90 valence electrons. The molecule has 0 spiro atoms. The summed E-state index contributed by atoms with van der Waals surface area (Å²) < 4.78 is 0. The Labute approximate surface area is 106 Å². The van der Waals surface area contributed by atoms with Crippen molar-refractivity contribution in [2.45, 2.75) is 13.5 Å². The highest BCUT2D eigenvalue weighted by Crippen LogP contribution is 2.24. The van der Waals surface area contributed by atoms with E-state index in [1.54, 1.807) is 0 Å². The maximum atomic E-state index is 5.57. The summed E-state index contributed by atoms with van der Waals surface area (Å²) in [6.07, 6.45) is 1.83. The van der Waals surface area contributed by atoms with Crippen molar-refractivity contribution in [3.05, 3.63) is 53.7 Å². The normalized spacial score (nSPS) is 11.0. The van der Waals surface area contributed by atoms with Gasteiger partial charge in [-0.3, -0.25) is 4.98 Å². The van der Waals surface area contributed by atoms with Crippen LogP contribution in [0.4, 0.5) is 0 Å². The summed E-state index contributed by atoms with van der Waals surface area (Å²) in [4.78, 5) is 7.86. The number of fused-ring (bicyclic) bond motifs is 1. The third kappa shape index (κ3) is 1.79. The number of rotatable bonds is 2. The summed E-state index contributed by atoms with van der Waals surface area (Å²) >= 11 is 0. The van der Waals surface area contributed by atoms with Gasteiger partial charge in [-0.25, -0.2) is 0 Å². The molecule has 2 aromatic heterocycles. The van der Waals surface area contributed by atoms with E-state index in [-0.39, 0.29) is 0 Å². The zero-order chi connectivity index (χ0) is 12.5. The molecule has 0 bridgehead atoms. The highest BCUT2D eigenvalue weighted by molar-refractivity contribution is 5.87. The van der Waals surface area contributed by atoms with Crippen molar-refractivity contribution in [2.75, 3.05) is 0 Å². The summed E-state index contributed by atoms with van der Waals surface area (Å²) in [6.45, 7) is 2.63. The van der Waals surface area contributed by atoms with Crippen molar-refractivity contribution in [1.29, 1.82) is 0 Å². The summed E-state index contributed by atoms with van der Waals surface area (Å²) in [7, 11) is 0. The van der Waals surface area contributed by atoms with Crippen LogP contribution in [0.25, 0.3) is 22.3 Å². The molecule has 0 atom stereocenters. The molecule has 0 aliphatic rings. The monoisotopic (exact) mass is 237 g/mol. The van der Waals surface area contributed by atoms with Gasteiger partial charge in [0.15, 0.2) is 0 Å². The van der Waals surface area contributed by atoms with Crippen molar-refractivity contribution >= 4 is 10.9 Å². The maximum Gasteiger partial charge on any atom is 0.0864 e. The molecule has 0 saturated heterocycles. The topological polar surface area (TPSA) is 54.7 Å². The first-order chi connectivity index (χ1) is 8.78. The van der Waals surface area contributed by atoms with Crippen LogP contribution in [0, 0.1) is 6.92 Å². The number of para-hydroxylation sites is 1. The van der Waals surface area contributed by atoms with Gasteiger partial charge in [0, 0.05) is 23.6 Å². The van der Waals surface area contributed by atoms with Gasteiger partial charge in [0.1, 0.15) is 0 Å². The Hall–Kier alpha value is -2.13. The van der Waals surface area contributed by atoms with Crippen LogP contribution in [0.2, 0.25) is 0 Å². The number of nitrogens with one attached hydrogen (secondary N) is 1. The summed E-state index contributed by atoms with van der Waals surface area (Å²) in [6, 6.07) is 12.4. The van der Waals surface area contributed by atoms with E-state index in [0.29, 0.717) is 6.54 Å². The maximum absolute atomic E-state index is 5.57. The Morgan fingerprint density at radius 1 is 1.22 bits per heavy atom. The van der Waals surface area contributed by atoms with E-state index in [2.05, 4.69) is 41.2 Å². The van der Waals surface area contributed by atoms with Crippen LogP contribution in [0.5, 0.6) is 0 Å². The Bertz CT molecular complexity index is 681. The lowest BCUT2D eigenvalue weighted by atomic mass is 10.1. The highest BCUT2D eigenvalue weighted by Gasteiger charge is 2.05. The lowest BCUT2D eigenvalue weighted by Gasteiger charge is -1.99. The van der Waals surface area contributed by atoms with Gasteiger partial charge in [-0.05, 0) is 30.2 Å². The Kier molecular flexibility index (Phi) is 2.61. The van der Waals surface area contributed by atoms with Crippen molar-refractivity contribution in [2.24, 2.45) is 5.73 Å². The molecule has 3 rings (SSSR count). The fourth-order valence-corrected chi connectivity index (χ4v) is 2.15. The molecule has 0 aliphatic carbocycles. The first kappa shape index (κ1) is 11.0. The lowest BCUT2D eigenvalue weighted by molar-refractivity contribution is 1.05. The predicted molar refractivity (Wildman–Crippen MR) is 74.2 cm³/mol. The van der Waals surface area contributed by atoms with Gasteiger partial charge in [0.25, 0.3) is 0 Å². The second-order valence-corrected chi connectivity index (χ2v) is 4.48. The molecule has 1 aromatic carbocycles. The number of H-pyrrole nitrogens is 1. The third-order valence-corrected chi connectivity index (χ3v) is 3.20. The quantitative estimate of drug-likeness (QED) is 0.720. The van der Waals surface area contributed by atoms with Gasteiger partial charge in [0.2, 0.25) is 0 Å². The molecule has 3 N–H and O–H groups in total. The van der Waals surface area contributed by atoms with Crippen LogP contribution in [0.1, 0.15) is 11.1 Å². The number of nitrogens with zero attached hydrogens (tertiary/aromatic N) is 1. The molecular weight excluding hydrogens is 222 g/mol. The van der Waals surface area contributed by atoms with Gasteiger partial charge >= 0.3 is 0 Å². The number of aromatic amines is 1. The van der Waals surface area contributed by atoms with Crippen LogP contribution in [-0.4, -0.2) is 9.97 Å². The van der Waals surface area contributed by atoms with Crippen LogP contribution < -0.4 is 5.73 Å². The lowest BCUT2D eigenvalue weighted by Crippen LogP contribution is -1.96. The van der Waals surface area contributed by atoms with Crippen LogP contribution >= 0.6 is 0 Å². The first-order valence-electron chi connectivity index (χ1n) is 6.01. The molecule has 3 aromatic rings. The number of aromatic nitrogens is 2. The minimum absolute atomic E-state index is 0.527. The average molecular weight is 237 g/mol. The second-order valence-electron chi connectivity index (χ2n) is 4.48. The van der Waals surface area contributed by atoms with Crippen molar-refractivity contribution in [3.63, 3.8) is 0 Å². The molecule has 3 heteroatoms. The van der Waals surface area contributed by atoms with E-state index in [0.717, 1.165) is 17.0 Å². The van der Waals surface area contributed by atoms with Gasteiger partial charge in [-0.15, -0.1) is 0 Å². The van der Waals surface area contributed by atoms with Crippen molar-refractivity contribution in [3.8, 4) is 11.4 Å². The minimum Gasteiger partial charge on any atom is -0.353 e. The Morgan fingerprint density at radius 3 is 2.78 bits per heavy atom. The fourth-order valence-electron chi connectivity index (χ4n) is 2.15. The largest absolute Gasteiger partial charge is 0.353 e. The van der Waals surface area contributed by atoms with Crippen LogP contribution in [0.3, 0.4) is 0 Å². The summed E-state index contributed by atoms with van der Waals surface area (Å²) in [5.74, 6) is 0. The molecular formula is C15H15N3. The SMILES string of the molecule is Cc1cccc2cc(-c3ccc(CN)cn3)[nH]c12. The molecule has 0 radical (unpaired) electrons. The zero-order valence-electron chi connectivity index (χ0n) is 10.3. The molecule has 0 fully saturated rings. The standard InChI is InChI=1S/C15H15N3/c1-10-3-2-4-12-7-14(18-15(10)12)13-6-5-11(8-16)9-17-13/h2-7,9,18H,8,16H2,1H3. The van der Waals surface area contributed by atoms with Gasteiger partial charge in [-0.2, -0.15) is 0 Å². The molecule has 3 nitrogen and oxygen atoms in total. The Morgan fingerprint density at radius 2 is 2.11 bits per heavy atom. The van der Waals surface area contributed by atoms with Gasteiger partial charge in [0.05, 0.1) is 11.4 Å². The predicted octanol–water partition coefficient (Wildman–Crippen LogP) is 3.00. The fraction of sp³-hybridized carbons (Fsp3) is 0.133. The summed E-state index contributed by atoms with van der Waals surface area (Å²) in [5, 5.41) is 1.22. The van der Waals surface area contributed by atoms with Crippen LogP contribution in [0.15, 0.2) is 42.6 Å². The number of hydrogen-bond donors (Lipinski definition) is 2. The molecule has 0 amide bonds. The van der Waals surface area contributed by atoms with Gasteiger partial charge in [-0.1, -0.05) is 24.3 Å². The van der Waals surface area contributed by atoms with E-state index >= 15 is 0 Å². The van der Waals surface area contributed by atoms with E-state index in [9.17, 15) is 0 Å². The molecule has 0 aliphatic heterocycles. The smallest absolute Gasteiger partial charge is 0.0864 e. The molecule has 0 saturated carbocycles. The minimum atomic E-state index is 0.527. The molecule has 0 unspecified atom stereocenters. The first-order valence-corrected chi connectivity index (χ1v) is 6.01. The van der Waals surface area contributed by atoms with Crippen molar-refractivity contribution < 1.29 is 0 Å². The number of benzene rings is 1. The van der Waals surface area contributed by atoms with Crippen LogP contribution in [-0.2, 0) is 6.54 Å². The van der Waals surface area contributed by atoms with Crippen molar-refractivity contribution in [1.82, 2.24) is 9.97 Å². The molecule has 2 heterocycles.